The van der Waals surface area contributed by atoms with Crippen LogP contribution in [-0.4, -0.2) is 10.8 Å². The Hall–Kier alpha value is 0.580. The van der Waals surface area contributed by atoms with Crippen molar-refractivity contribution in [2.24, 2.45) is 0 Å². The number of halogens is 2. The van der Waals surface area contributed by atoms with Gasteiger partial charge in [0.25, 0.3) is 0 Å². The van der Waals surface area contributed by atoms with E-state index >= 15 is 0 Å². The molecule has 1 radical (unpaired) electrons. The fraction of sp³-hybridized carbons (Fsp3) is 0.857. The Bertz CT molecular complexity index is 61.9. The van der Waals surface area contributed by atoms with Crippen LogP contribution in [0.5, 0.6) is 0 Å². The number of alkyl halides is 2. The van der Waals surface area contributed by atoms with E-state index in [1.807, 2.05) is 0 Å². The van der Waals surface area contributed by atoms with Crippen LogP contribution in [0.2, 0.25) is 0 Å². The van der Waals surface area contributed by atoms with Gasteiger partial charge >= 0.3 is 0 Å². The first kappa shape index (κ1) is 9.58. The molecule has 0 aromatic carbocycles. The van der Waals surface area contributed by atoms with Crippen LogP contribution in [0.3, 0.4) is 0 Å². The number of unbranched alkanes of at least 4 members (excludes halogenated alkanes) is 1. The van der Waals surface area contributed by atoms with Crippen molar-refractivity contribution in [1.82, 2.24) is 0 Å². The largest absolute Gasteiger partial charge is 0.121 e. The molecule has 9 heavy (non-hydrogen) atoms. The maximum Gasteiger partial charge on any atom is 0.0500 e. The standard InChI is InChI=1S/C7H13Cl2/c1-3-4-5-7(9)6(2)8/h6-7H,2-5H2,1H3. The zero-order chi connectivity index (χ0) is 7.28. The van der Waals surface area contributed by atoms with Gasteiger partial charge < -0.3 is 0 Å². The summed E-state index contributed by atoms with van der Waals surface area (Å²) in [5.74, 6) is 0. The van der Waals surface area contributed by atoms with Crippen LogP contribution in [0.1, 0.15) is 26.2 Å². The smallest absolute Gasteiger partial charge is 0.0500 e. The summed E-state index contributed by atoms with van der Waals surface area (Å²) in [7, 11) is 0. The number of hydrogen-bond acceptors (Lipinski definition) is 0. The van der Waals surface area contributed by atoms with Crippen LogP contribution in [0.15, 0.2) is 0 Å². The summed E-state index contributed by atoms with van der Waals surface area (Å²) in [5.41, 5.74) is 0. The molecule has 0 nitrogen and oxygen atoms in total. The third-order valence-electron chi connectivity index (χ3n) is 1.23. The second-order valence-corrected chi connectivity index (χ2v) is 3.30. The second kappa shape index (κ2) is 5.37. The Morgan fingerprint density at radius 2 is 2.00 bits per heavy atom. The van der Waals surface area contributed by atoms with Crippen molar-refractivity contribution in [3.8, 4) is 0 Å². The van der Waals surface area contributed by atoms with Crippen molar-refractivity contribution in [3.05, 3.63) is 6.92 Å². The Balaban J connectivity index is 3.16. The van der Waals surface area contributed by atoms with Gasteiger partial charge in [0, 0.05) is 10.8 Å². The van der Waals surface area contributed by atoms with Gasteiger partial charge in [-0.2, -0.15) is 0 Å². The van der Waals surface area contributed by atoms with Crippen molar-refractivity contribution in [2.45, 2.75) is 36.9 Å². The Kier molecular flexibility index (Phi) is 5.72. The summed E-state index contributed by atoms with van der Waals surface area (Å²) in [5, 5.41) is -0.0927. The molecule has 0 aromatic heterocycles. The lowest BCUT2D eigenvalue weighted by molar-refractivity contribution is 0.683. The fourth-order valence-electron chi connectivity index (χ4n) is 0.580. The molecular formula is C7H13Cl2. The van der Waals surface area contributed by atoms with E-state index in [-0.39, 0.29) is 10.8 Å². The van der Waals surface area contributed by atoms with Crippen molar-refractivity contribution in [2.75, 3.05) is 0 Å². The average molecular weight is 168 g/mol. The van der Waals surface area contributed by atoms with E-state index in [1.54, 1.807) is 0 Å². The van der Waals surface area contributed by atoms with Crippen LogP contribution in [0, 0.1) is 6.92 Å². The predicted molar refractivity (Wildman–Crippen MR) is 44.2 cm³/mol. The molecule has 0 saturated carbocycles. The lowest BCUT2D eigenvalue weighted by Crippen LogP contribution is -2.10. The minimum atomic E-state index is -0.141. The highest BCUT2D eigenvalue weighted by molar-refractivity contribution is 6.30. The Labute approximate surface area is 67.5 Å². The van der Waals surface area contributed by atoms with Gasteiger partial charge in [0.05, 0.1) is 0 Å². The van der Waals surface area contributed by atoms with Gasteiger partial charge in [-0.15, -0.1) is 23.2 Å². The molecule has 55 valence electrons. The lowest BCUT2D eigenvalue weighted by Gasteiger charge is -2.09. The molecular weight excluding hydrogens is 155 g/mol. The summed E-state index contributed by atoms with van der Waals surface area (Å²) in [6, 6.07) is 0. The molecule has 2 atom stereocenters. The van der Waals surface area contributed by atoms with Gasteiger partial charge in [-0.25, -0.2) is 0 Å². The maximum absolute atomic E-state index is 5.80. The maximum atomic E-state index is 5.80. The van der Waals surface area contributed by atoms with Crippen molar-refractivity contribution in [3.63, 3.8) is 0 Å². The van der Waals surface area contributed by atoms with Gasteiger partial charge in [0.1, 0.15) is 0 Å². The van der Waals surface area contributed by atoms with E-state index in [2.05, 4.69) is 13.8 Å². The Morgan fingerprint density at radius 1 is 1.44 bits per heavy atom. The topological polar surface area (TPSA) is 0 Å². The van der Waals surface area contributed by atoms with Crippen molar-refractivity contribution >= 4 is 23.2 Å². The van der Waals surface area contributed by atoms with Gasteiger partial charge in [-0.3, -0.25) is 0 Å². The fourth-order valence-corrected chi connectivity index (χ4v) is 0.860. The van der Waals surface area contributed by atoms with E-state index in [4.69, 9.17) is 23.2 Å². The monoisotopic (exact) mass is 167 g/mol. The van der Waals surface area contributed by atoms with E-state index in [0.29, 0.717) is 0 Å². The third-order valence-corrected chi connectivity index (χ3v) is 2.18. The average Bonchev–Trinajstić information content (AvgIpc) is 1.82. The summed E-state index contributed by atoms with van der Waals surface area (Å²) < 4.78 is 0. The molecule has 0 bridgehead atoms. The van der Waals surface area contributed by atoms with Crippen molar-refractivity contribution in [1.29, 1.82) is 0 Å². The lowest BCUT2D eigenvalue weighted by atomic mass is 10.2. The molecule has 0 N–H and O–H groups in total. The first-order chi connectivity index (χ1) is 4.18. The SMILES string of the molecule is [CH2]C(Cl)C(Cl)CCCC. The second-order valence-electron chi connectivity index (χ2n) is 2.17. The van der Waals surface area contributed by atoms with Crippen LogP contribution < -0.4 is 0 Å². The Morgan fingerprint density at radius 3 is 2.33 bits per heavy atom. The minimum Gasteiger partial charge on any atom is -0.121 e. The minimum absolute atomic E-state index is 0.0478. The number of hydrogen-bond donors (Lipinski definition) is 0. The van der Waals surface area contributed by atoms with E-state index in [0.717, 1.165) is 12.8 Å². The number of rotatable bonds is 4. The van der Waals surface area contributed by atoms with Gasteiger partial charge in [0.2, 0.25) is 0 Å². The van der Waals surface area contributed by atoms with Crippen LogP contribution in [-0.2, 0) is 0 Å². The molecule has 0 aliphatic carbocycles. The highest BCUT2D eigenvalue weighted by Crippen LogP contribution is 2.15. The van der Waals surface area contributed by atoms with Crippen LogP contribution >= 0.6 is 23.2 Å². The predicted octanol–water partition coefficient (Wildman–Crippen LogP) is 3.23. The molecule has 2 heteroatoms. The van der Waals surface area contributed by atoms with Crippen LogP contribution in [0.4, 0.5) is 0 Å². The first-order valence-corrected chi connectivity index (χ1v) is 4.17. The summed E-state index contributed by atoms with van der Waals surface area (Å²) in [4.78, 5) is 0. The molecule has 0 amide bonds. The zero-order valence-corrected chi connectivity index (χ0v) is 7.25. The van der Waals surface area contributed by atoms with E-state index < -0.39 is 0 Å². The molecule has 0 rings (SSSR count). The summed E-state index contributed by atoms with van der Waals surface area (Å²) in [6.07, 6.45) is 3.30. The molecule has 0 fully saturated rings. The summed E-state index contributed by atoms with van der Waals surface area (Å²) >= 11 is 11.4. The van der Waals surface area contributed by atoms with E-state index in [1.165, 1.54) is 6.42 Å². The molecule has 0 aliphatic rings. The summed E-state index contributed by atoms with van der Waals surface area (Å²) in [6.45, 7) is 5.76. The molecule has 0 aromatic rings. The van der Waals surface area contributed by atoms with E-state index in [9.17, 15) is 0 Å². The molecule has 0 aliphatic heterocycles. The quantitative estimate of drug-likeness (QED) is 0.565. The first-order valence-electron chi connectivity index (χ1n) is 3.29. The zero-order valence-electron chi connectivity index (χ0n) is 5.74. The molecule has 0 heterocycles. The highest BCUT2D eigenvalue weighted by Gasteiger charge is 2.09. The molecule has 0 spiro atoms. The van der Waals surface area contributed by atoms with Gasteiger partial charge in [-0.05, 0) is 13.3 Å². The van der Waals surface area contributed by atoms with Crippen molar-refractivity contribution < 1.29 is 0 Å². The highest BCUT2D eigenvalue weighted by atomic mass is 35.5. The molecule has 2 unspecified atom stereocenters. The third kappa shape index (κ3) is 5.05. The van der Waals surface area contributed by atoms with Crippen LogP contribution in [0.25, 0.3) is 0 Å². The normalized spacial score (nSPS) is 17.3. The van der Waals surface area contributed by atoms with Gasteiger partial charge in [0.15, 0.2) is 0 Å². The van der Waals surface area contributed by atoms with Gasteiger partial charge in [-0.1, -0.05) is 19.8 Å². The molecule has 0 saturated heterocycles.